The van der Waals surface area contributed by atoms with Gasteiger partial charge in [0.2, 0.25) is 5.91 Å². The van der Waals surface area contributed by atoms with Crippen LogP contribution in [0.4, 0.5) is 10.1 Å². The quantitative estimate of drug-likeness (QED) is 0.384. The first-order valence-electron chi connectivity index (χ1n) is 11.0. The molecule has 0 spiro atoms. The van der Waals surface area contributed by atoms with Gasteiger partial charge in [-0.05, 0) is 63.2 Å². The molecule has 7 heteroatoms. The summed E-state index contributed by atoms with van der Waals surface area (Å²) in [7, 11) is 0. The van der Waals surface area contributed by atoms with Gasteiger partial charge < -0.3 is 9.64 Å². The Balaban J connectivity index is 1.76. The second-order valence-corrected chi connectivity index (χ2v) is 7.81. The predicted octanol–water partition coefficient (Wildman–Crippen LogP) is 4.96. The fourth-order valence-corrected chi connectivity index (χ4v) is 3.98. The van der Waals surface area contributed by atoms with Crippen LogP contribution in [0.2, 0.25) is 0 Å². The van der Waals surface area contributed by atoms with E-state index in [0.717, 1.165) is 28.2 Å². The highest BCUT2D eigenvalue weighted by molar-refractivity contribution is 5.96. The molecule has 0 aliphatic carbocycles. The number of hydrogen-bond donors (Lipinski definition) is 0. The summed E-state index contributed by atoms with van der Waals surface area (Å²) >= 11 is 0. The fourth-order valence-electron chi connectivity index (χ4n) is 3.98. The minimum Gasteiger partial charge on any atom is -0.491 e. The summed E-state index contributed by atoms with van der Waals surface area (Å²) in [6, 6.07) is 18.9. The van der Waals surface area contributed by atoms with E-state index in [1.54, 1.807) is 21.5 Å². The number of halogens is 1. The number of carbonyl (C=O) groups excluding carboxylic acids is 1. The molecule has 0 saturated carbocycles. The Labute approximate surface area is 192 Å². The lowest BCUT2D eigenvalue weighted by molar-refractivity contribution is -0.117. The fraction of sp³-hybridized carbons (Fsp3) is 0.269. The van der Waals surface area contributed by atoms with Crippen molar-refractivity contribution in [3.05, 3.63) is 77.6 Å². The summed E-state index contributed by atoms with van der Waals surface area (Å²) in [4.78, 5) is 19.9. The van der Waals surface area contributed by atoms with Gasteiger partial charge >= 0.3 is 0 Å². The number of para-hydroxylation sites is 1. The van der Waals surface area contributed by atoms with E-state index in [-0.39, 0.29) is 18.9 Å². The third kappa shape index (κ3) is 4.72. The van der Waals surface area contributed by atoms with Crippen molar-refractivity contribution in [2.75, 3.05) is 24.7 Å². The molecule has 2 aromatic carbocycles. The van der Waals surface area contributed by atoms with Gasteiger partial charge in [-0.25, -0.2) is 13.9 Å². The molecule has 0 fully saturated rings. The summed E-state index contributed by atoms with van der Waals surface area (Å²) in [6.45, 7) is 5.90. The zero-order valence-corrected chi connectivity index (χ0v) is 19.1. The minimum absolute atomic E-state index is 0.0161. The van der Waals surface area contributed by atoms with Crippen molar-refractivity contribution in [2.45, 2.75) is 27.2 Å². The third-order valence-electron chi connectivity index (χ3n) is 5.48. The Morgan fingerprint density at radius 1 is 1.09 bits per heavy atom. The summed E-state index contributed by atoms with van der Waals surface area (Å²) in [6.07, 6.45) is 0.164. The second-order valence-electron chi connectivity index (χ2n) is 7.81. The van der Waals surface area contributed by atoms with E-state index in [0.29, 0.717) is 23.6 Å². The second kappa shape index (κ2) is 9.81. The number of aromatic nitrogens is 3. The Morgan fingerprint density at radius 3 is 2.48 bits per heavy atom. The number of likely N-dealkylation sites (N-methyl/N-ethyl adjacent to an activating group) is 1. The van der Waals surface area contributed by atoms with E-state index in [1.807, 2.05) is 69.3 Å². The lowest BCUT2D eigenvalue weighted by atomic mass is 10.0. The van der Waals surface area contributed by atoms with Crippen LogP contribution in [-0.4, -0.2) is 40.3 Å². The Kier molecular flexibility index (Phi) is 6.68. The van der Waals surface area contributed by atoms with Crippen molar-refractivity contribution in [3.63, 3.8) is 0 Å². The monoisotopic (exact) mass is 446 g/mol. The van der Waals surface area contributed by atoms with Gasteiger partial charge in [-0.3, -0.25) is 4.79 Å². The Morgan fingerprint density at radius 2 is 1.82 bits per heavy atom. The number of anilines is 1. The van der Waals surface area contributed by atoms with Crippen LogP contribution in [0.3, 0.4) is 0 Å². The van der Waals surface area contributed by atoms with E-state index >= 15 is 0 Å². The average Bonchev–Trinajstić information content (AvgIpc) is 3.17. The largest absolute Gasteiger partial charge is 0.491 e. The van der Waals surface area contributed by atoms with Gasteiger partial charge in [0.15, 0.2) is 5.65 Å². The van der Waals surface area contributed by atoms with Gasteiger partial charge in [0.05, 0.1) is 12.1 Å². The van der Waals surface area contributed by atoms with Gasteiger partial charge in [-0.15, -0.1) is 0 Å². The highest BCUT2D eigenvalue weighted by Gasteiger charge is 2.23. The molecule has 0 unspecified atom stereocenters. The molecule has 0 saturated heterocycles. The number of aryl methyl sites for hydroxylation is 2. The van der Waals surface area contributed by atoms with Gasteiger partial charge in [0, 0.05) is 34.7 Å². The van der Waals surface area contributed by atoms with Crippen LogP contribution in [0.5, 0.6) is 5.75 Å². The molecule has 4 aromatic rings. The van der Waals surface area contributed by atoms with Crippen molar-refractivity contribution < 1.29 is 13.9 Å². The molecular weight excluding hydrogens is 419 g/mol. The standard InChI is InChI=1S/C26H27FN4O2/c1-4-30(21-8-6-5-7-9-21)24(32)17-23-25(20-10-12-22(13-11-20)33-15-14-27)29-31-19(3)16-18(2)28-26(23)31/h5-13,16H,4,14-15,17H2,1-3H3. The number of fused-ring (bicyclic) bond motifs is 1. The summed E-state index contributed by atoms with van der Waals surface area (Å²) < 4.78 is 19.6. The van der Waals surface area contributed by atoms with Crippen molar-refractivity contribution in [1.29, 1.82) is 0 Å². The molecule has 6 nitrogen and oxygen atoms in total. The number of benzene rings is 2. The molecule has 2 aromatic heterocycles. The number of carbonyl (C=O) groups is 1. The zero-order valence-electron chi connectivity index (χ0n) is 19.1. The maximum absolute atomic E-state index is 13.4. The molecule has 0 aliphatic heterocycles. The molecule has 1 amide bonds. The number of nitrogens with zero attached hydrogens (tertiary/aromatic N) is 4. The van der Waals surface area contributed by atoms with Crippen LogP contribution in [0.25, 0.3) is 16.9 Å². The molecule has 0 bridgehead atoms. The molecule has 0 radical (unpaired) electrons. The smallest absolute Gasteiger partial charge is 0.231 e. The molecule has 4 rings (SSSR count). The summed E-state index contributed by atoms with van der Waals surface area (Å²) in [5, 5.41) is 4.81. The Bertz CT molecular complexity index is 1250. The Hall–Kier alpha value is -3.74. The first kappa shape index (κ1) is 22.5. The summed E-state index contributed by atoms with van der Waals surface area (Å²) in [5.41, 5.74) is 5.66. The first-order valence-corrected chi connectivity index (χ1v) is 11.0. The van der Waals surface area contributed by atoms with Crippen LogP contribution in [0.15, 0.2) is 60.7 Å². The molecule has 0 N–H and O–H groups in total. The highest BCUT2D eigenvalue weighted by atomic mass is 19.1. The van der Waals surface area contributed by atoms with E-state index in [2.05, 4.69) is 0 Å². The van der Waals surface area contributed by atoms with Gasteiger partial charge in [-0.1, -0.05) is 18.2 Å². The molecular formula is C26H27FN4O2. The predicted molar refractivity (Wildman–Crippen MR) is 128 cm³/mol. The normalized spacial score (nSPS) is 11.0. The number of rotatable bonds is 8. The van der Waals surface area contributed by atoms with Crippen molar-refractivity contribution in [3.8, 4) is 17.0 Å². The third-order valence-corrected chi connectivity index (χ3v) is 5.48. The van der Waals surface area contributed by atoms with Crippen molar-refractivity contribution >= 4 is 17.2 Å². The zero-order chi connectivity index (χ0) is 23.4. The maximum atomic E-state index is 13.4. The lowest BCUT2D eigenvalue weighted by Gasteiger charge is -2.21. The van der Waals surface area contributed by atoms with E-state index in [9.17, 15) is 9.18 Å². The molecule has 2 heterocycles. The van der Waals surface area contributed by atoms with Crippen molar-refractivity contribution in [2.24, 2.45) is 0 Å². The maximum Gasteiger partial charge on any atom is 0.231 e. The van der Waals surface area contributed by atoms with Gasteiger partial charge in [0.1, 0.15) is 19.0 Å². The highest BCUT2D eigenvalue weighted by Crippen LogP contribution is 2.29. The lowest BCUT2D eigenvalue weighted by Crippen LogP contribution is -2.32. The molecule has 33 heavy (non-hydrogen) atoms. The van der Waals surface area contributed by atoms with Gasteiger partial charge in [-0.2, -0.15) is 5.10 Å². The van der Waals surface area contributed by atoms with E-state index < -0.39 is 6.67 Å². The van der Waals surface area contributed by atoms with Crippen LogP contribution >= 0.6 is 0 Å². The number of alkyl halides is 1. The van der Waals surface area contributed by atoms with Crippen LogP contribution in [0, 0.1) is 13.8 Å². The summed E-state index contributed by atoms with van der Waals surface area (Å²) in [5.74, 6) is 0.563. The van der Waals surface area contributed by atoms with Gasteiger partial charge in [0.25, 0.3) is 0 Å². The average molecular weight is 447 g/mol. The number of amides is 1. The molecule has 0 aliphatic rings. The topological polar surface area (TPSA) is 59.7 Å². The van der Waals surface area contributed by atoms with E-state index in [1.165, 1.54) is 0 Å². The number of hydrogen-bond acceptors (Lipinski definition) is 4. The number of ether oxygens (including phenoxy) is 1. The minimum atomic E-state index is -0.542. The molecule has 170 valence electrons. The van der Waals surface area contributed by atoms with Crippen LogP contribution in [-0.2, 0) is 11.2 Å². The van der Waals surface area contributed by atoms with Crippen molar-refractivity contribution in [1.82, 2.24) is 14.6 Å². The SMILES string of the molecule is CCN(C(=O)Cc1c(-c2ccc(OCCF)cc2)nn2c(C)cc(C)nc12)c1ccccc1. The van der Waals surface area contributed by atoms with E-state index in [4.69, 9.17) is 14.8 Å². The van der Waals surface area contributed by atoms with Crippen LogP contribution in [0.1, 0.15) is 23.9 Å². The first-order chi connectivity index (χ1) is 16.0. The van der Waals surface area contributed by atoms with Crippen LogP contribution < -0.4 is 9.64 Å². The molecule has 0 atom stereocenters.